The molecule has 1 saturated carbocycles. The zero-order valence-electron chi connectivity index (χ0n) is 22.8. The number of carbonyl (C=O) groups is 1. The largest absolute Gasteiger partial charge is 0.454 e. The average Bonchev–Trinajstić information content (AvgIpc) is 3.59. The number of rotatable bonds is 10. The number of likely N-dealkylation sites (N-methyl/N-ethyl adjacent to an activating group) is 1. The number of hydrogen-bond donors (Lipinski definition) is 0. The fourth-order valence-electron chi connectivity index (χ4n) is 5.22. The van der Waals surface area contributed by atoms with E-state index in [0.29, 0.717) is 35.3 Å². The predicted octanol–water partition coefficient (Wildman–Crippen LogP) is 4.97. The van der Waals surface area contributed by atoms with Crippen LogP contribution < -0.4 is 14.4 Å². The Kier molecular flexibility index (Phi) is 8.41. The van der Waals surface area contributed by atoms with E-state index in [1.54, 1.807) is 36.2 Å². The van der Waals surface area contributed by atoms with Crippen molar-refractivity contribution >= 4 is 42.6 Å². The van der Waals surface area contributed by atoms with Crippen LogP contribution >= 0.6 is 11.3 Å². The van der Waals surface area contributed by atoms with Crippen LogP contribution in [0.2, 0.25) is 0 Å². The third-order valence-electron chi connectivity index (χ3n) is 7.75. The summed E-state index contributed by atoms with van der Waals surface area (Å²) in [6.45, 7) is 7.28. The van der Waals surface area contributed by atoms with Crippen LogP contribution in [0.1, 0.15) is 56.3 Å². The van der Waals surface area contributed by atoms with Crippen LogP contribution in [0, 0.1) is 0 Å². The van der Waals surface area contributed by atoms with Gasteiger partial charge in [0.15, 0.2) is 16.6 Å². The molecule has 0 bridgehead atoms. The molecule has 210 valence electrons. The standard InChI is InChI=1S/C28H36N4O5S2/c1-4-31(5-2)15-16-32(28-29-23-17-24-25(37-19-36-24)18-26(23)38-28)27(33)20-11-13-22(14-12-20)39(34,35)30(3)21-9-7-6-8-10-21/h11-14,17-18,21H,4-10,15-16,19H2,1-3H3. The number of sulfonamides is 1. The maximum atomic E-state index is 13.8. The van der Waals surface area contributed by atoms with E-state index in [1.165, 1.54) is 15.6 Å². The Balaban J connectivity index is 1.41. The molecular weight excluding hydrogens is 536 g/mol. The summed E-state index contributed by atoms with van der Waals surface area (Å²) in [6.07, 6.45) is 5.03. The highest BCUT2D eigenvalue weighted by atomic mass is 32.2. The Hall–Kier alpha value is -2.73. The lowest BCUT2D eigenvalue weighted by Crippen LogP contribution is -2.39. The van der Waals surface area contributed by atoms with Gasteiger partial charge in [0.1, 0.15) is 0 Å². The molecule has 1 aromatic heterocycles. The van der Waals surface area contributed by atoms with Crippen molar-refractivity contribution in [1.29, 1.82) is 0 Å². The number of amides is 1. The third-order valence-corrected chi connectivity index (χ3v) is 10.7. The molecule has 0 saturated heterocycles. The molecule has 11 heteroatoms. The minimum absolute atomic E-state index is 0.0248. The molecule has 1 fully saturated rings. The molecule has 3 aromatic rings. The summed E-state index contributed by atoms with van der Waals surface area (Å²) in [4.78, 5) is 22.7. The molecule has 9 nitrogen and oxygen atoms in total. The van der Waals surface area contributed by atoms with Crippen LogP contribution in [0.4, 0.5) is 5.13 Å². The second-order valence-corrected chi connectivity index (χ2v) is 13.0. The van der Waals surface area contributed by atoms with Crippen LogP contribution in [0.5, 0.6) is 11.5 Å². The Bertz CT molecular complexity index is 1370. The molecule has 0 N–H and O–H groups in total. The van der Waals surface area contributed by atoms with Crippen molar-refractivity contribution in [2.24, 2.45) is 0 Å². The molecule has 2 aliphatic rings. The highest BCUT2D eigenvalue weighted by Gasteiger charge is 2.30. The van der Waals surface area contributed by atoms with Crippen molar-refractivity contribution in [3.05, 3.63) is 42.0 Å². The first-order valence-corrected chi connectivity index (χ1v) is 15.9. The fraction of sp³-hybridized carbons (Fsp3) is 0.500. The molecule has 1 aliphatic carbocycles. The average molecular weight is 573 g/mol. The van der Waals surface area contributed by atoms with Crippen molar-refractivity contribution in [2.45, 2.75) is 56.9 Å². The van der Waals surface area contributed by atoms with E-state index >= 15 is 0 Å². The Morgan fingerprint density at radius 2 is 1.67 bits per heavy atom. The van der Waals surface area contributed by atoms with E-state index in [1.807, 2.05) is 12.1 Å². The SMILES string of the molecule is CCN(CC)CCN(C(=O)c1ccc(S(=O)(=O)N(C)C2CCCCC2)cc1)c1nc2cc3c(cc2s1)OCO3. The Labute approximate surface area is 234 Å². The minimum atomic E-state index is -3.64. The number of fused-ring (bicyclic) bond motifs is 2. The number of benzene rings is 2. The summed E-state index contributed by atoms with van der Waals surface area (Å²) in [5.41, 5.74) is 1.16. The minimum Gasteiger partial charge on any atom is -0.454 e. The molecule has 2 aromatic carbocycles. The molecule has 0 unspecified atom stereocenters. The number of nitrogens with zero attached hydrogens (tertiary/aromatic N) is 4. The summed E-state index contributed by atoms with van der Waals surface area (Å²) in [5, 5.41) is 0.583. The van der Waals surface area contributed by atoms with E-state index in [4.69, 9.17) is 14.5 Å². The van der Waals surface area contributed by atoms with Crippen molar-refractivity contribution in [1.82, 2.24) is 14.2 Å². The number of carbonyl (C=O) groups excluding carboxylic acids is 1. The monoisotopic (exact) mass is 572 g/mol. The molecular formula is C28H36N4O5S2. The molecule has 0 spiro atoms. The zero-order chi connectivity index (χ0) is 27.6. The van der Waals surface area contributed by atoms with Crippen LogP contribution in [-0.2, 0) is 10.0 Å². The number of anilines is 1. The first-order valence-electron chi connectivity index (χ1n) is 13.6. The summed E-state index contributed by atoms with van der Waals surface area (Å²) < 4.78 is 40.0. The summed E-state index contributed by atoms with van der Waals surface area (Å²) in [6, 6.07) is 10.1. The van der Waals surface area contributed by atoms with Gasteiger partial charge in [0.2, 0.25) is 16.8 Å². The maximum Gasteiger partial charge on any atom is 0.260 e. The van der Waals surface area contributed by atoms with Crippen molar-refractivity contribution in [2.75, 3.05) is 44.9 Å². The van der Waals surface area contributed by atoms with Crippen molar-refractivity contribution in [3.63, 3.8) is 0 Å². The van der Waals surface area contributed by atoms with Gasteiger partial charge in [-0.15, -0.1) is 0 Å². The molecule has 0 radical (unpaired) electrons. The molecule has 39 heavy (non-hydrogen) atoms. The Morgan fingerprint density at radius 1 is 1.00 bits per heavy atom. The molecule has 2 heterocycles. The highest BCUT2D eigenvalue weighted by Crippen LogP contribution is 2.40. The first-order chi connectivity index (χ1) is 18.8. The van der Waals surface area contributed by atoms with Gasteiger partial charge in [-0.2, -0.15) is 4.31 Å². The van der Waals surface area contributed by atoms with Gasteiger partial charge >= 0.3 is 0 Å². The van der Waals surface area contributed by atoms with Gasteiger partial charge in [-0.3, -0.25) is 9.69 Å². The Morgan fingerprint density at radius 3 is 2.33 bits per heavy atom. The van der Waals surface area contributed by atoms with E-state index in [-0.39, 0.29) is 23.6 Å². The normalized spacial score (nSPS) is 15.9. The lowest BCUT2D eigenvalue weighted by molar-refractivity contribution is 0.0983. The van der Waals surface area contributed by atoms with E-state index < -0.39 is 10.0 Å². The third kappa shape index (κ3) is 5.77. The molecule has 0 atom stereocenters. The fourth-order valence-corrected chi connectivity index (χ4v) is 7.64. The van der Waals surface area contributed by atoms with Crippen LogP contribution in [0.3, 0.4) is 0 Å². The molecule has 1 amide bonds. The number of aromatic nitrogens is 1. The lowest BCUT2D eigenvalue weighted by atomic mass is 9.96. The lowest BCUT2D eigenvalue weighted by Gasteiger charge is -2.30. The predicted molar refractivity (Wildman–Crippen MR) is 153 cm³/mol. The summed E-state index contributed by atoms with van der Waals surface area (Å²) in [5.74, 6) is 1.11. The summed E-state index contributed by atoms with van der Waals surface area (Å²) in [7, 11) is -1.97. The van der Waals surface area contributed by atoms with Gasteiger partial charge in [0.25, 0.3) is 5.91 Å². The van der Waals surface area contributed by atoms with E-state index in [2.05, 4.69) is 18.7 Å². The van der Waals surface area contributed by atoms with E-state index in [0.717, 1.165) is 55.4 Å². The smallest absolute Gasteiger partial charge is 0.260 e. The van der Waals surface area contributed by atoms with E-state index in [9.17, 15) is 13.2 Å². The quantitative estimate of drug-likeness (QED) is 0.339. The highest BCUT2D eigenvalue weighted by molar-refractivity contribution is 7.89. The molecule has 1 aliphatic heterocycles. The van der Waals surface area contributed by atoms with Crippen molar-refractivity contribution < 1.29 is 22.7 Å². The van der Waals surface area contributed by atoms with Gasteiger partial charge in [0.05, 0.1) is 15.1 Å². The van der Waals surface area contributed by atoms with Crippen LogP contribution in [-0.4, -0.2) is 74.6 Å². The second-order valence-electron chi connectivity index (χ2n) is 9.99. The number of ether oxygens (including phenoxy) is 2. The van der Waals surface area contributed by atoms with Gasteiger partial charge in [-0.1, -0.05) is 44.4 Å². The second kappa shape index (κ2) is 11.8. The van der Waals surface area contributed by atoms with Crippen molar-refractivity contribution in [3.8, 4) is 11.5 Å². The number of hydrogen-bond acceptors (Lipinski definition) is 8. The number of thiazole rings is 1. The van der Waals surface area contributed by atoms with Gasteiger partial charge in [0, 0.05) is 43.9 Å². The summed E-state index contributed by atoms with van der Waals surface area (Å²) >= 11 is 1.43. The molecule has 5 rings (SSSR count). The zero-order valence-corrected chi connectivity index (χ0v) is 24.4. The topological polar surface area (TPSA) is 92.3 Å². The van der Waals surface area contributed by atoms with Gasteiger partial charge < -0.3 is 14.4 Å². The van der Waals surface area contributed by atoms with Gasteiger partial charge in [-0.05, 0) is 50.2 Å². The maximum absolute atomic E-state index is 13.8. The van der Waals surface area contributed by atoms with Crippen LogP contribution in [0.15, 0.2) is 41.3 Å². The van der Waals surface area contributed by atoms with Gasteiger partial charge in [-0.25, -0.2) is 13.4 Å². The first kappa shape index (κ1) is 27.8. The van der Waals surface area contributed by atoms with Crippen LogP contribution in [0.25, 0.3) is 10.2 Å².